The van der Waals surface area contributed by atoms with Crippen LogP contribution < -0.4 is 16.0 Å². The van der Waals surface area contributed by atoms with Crippen LogP contribution in [0.5, 0.6) is 5.75 Å². The quantitative estimate of drug-likeness (QED) is 0.560. The number of nitrogens with one attached hydrogen (secondary N) is 1. The molecule has 0 heterocycles. The van der Waals surface area contributed by atoms with Crippen LogP contribution in [0.1, 0.15) is 51.1 Å². The van der Waals surface area contributed by atoms with Crippen molar-refractivity contribution >= 4 is 0 Å². The lowest BCUT2D eigenvalue weighted by molar-refractivity contribution is 0.317. The number of hydrogen-bond acceptors (Lipinski definition) is 3. The minimum absolute atomic E-state index is 0.0136. The van der Waals surface area contributed by atoms with E-state index >= 15 is 0 Å². The molecule has 1 unspecified atom stereocenters. The Bertz CT molecular complexity index is 378. The van der Waals surface area contributed by atoms with E-state index in [1.54, 1.807) is 6.07 Å². The molecule has 1 rings (SSSR count). The molecular weight excluding hydrogens is 243 g/mol. The molecule has 1 aromatic carbocycles. The molecule has 0 saturated heterocycles. The third-order valence-corrected chi connectivity index (χ3v) is 3.50. The maximum Gasteiger partial charge on any atom is 0.165 e. The number of nitrogens with two attached hydrogens (primary N) is 1. The fourth-order valence-corrected chi connectivity index (χ4v) is 2.60. The van der Waals surface area contributed by atoms with Crippen LogP contribution in [-0.2, 0) is 0 Å². The van der Waals surface area contributed by atoms with Gasteiger partial charge in [-0.25, -0.2) is 4.39 Å². The normalized spacial score (nSPS) is 12.7. The fourth-order valence-electron chi connectivity index (χ4n) is 2.60. The van der Waals surface area contributed by atoms with Crippen LogP contribution in [0.15, 0.2) is 18.2 Å². The van der Waals surface area contributed by atoms with Gasteiger partial charge < -0.3 is 4.74 Å². The van der Waals surface area contributed by atoms with Crippen LogP contribution in [0, 0.1) is 11.7 Å². The third kappa shape index (κ3) is 4.18. The summed E-state index contributed by atoms with van der Waals surface area (Å²) in [5.41, 5.74) is 3.73. The predicted molar refractivity (Wildman–Crippen MR) is 76.3 cm³/mol. The van der Waals surface area contributed by atoms with Gasteiger partial charge in [0.05, 0.1) is 7.11 Å². The Balaban J connectivity index is 2.96. The van der Waals surface area contributed by atoms with Gasteiger partial charge in [-0.05, 0) is 36.5 Å². The van der Waals surface area contributed by atoms with Crippen molar-refractivity contribution in [2.24, 2.45) is 11.8 Å². The lowest BCUT2D eigenvalue weighted by Crippen LogP contribution is -2.33. The van der Waals surface area contributed by atoms with Crippen LogP contribution >= 0.6 is 0 Å². The van der Waals surface area contributed by atoms with Crippen molar-refractivity contribution in [2.45, 2.75) is 45.6 Å². The zero-order chi connectivity index (χ0) is 14.3. The van der Waals surface area contributed by atoms with Crippen molar-refractivity contribution in [2.75, 3.05) is 7.11 Å². The summed E-state index contributed by atoms with van der Waals surface area (Å²) in [5, 5.41) is 0. The van der Waals surface area contributed by atoms with Crippen LogP contribution in [0.3, 0.4) is 0 Å². The Morgan fingerprint density at radius 3 is 2.32 bits per heavy atom. The van der Waals surface area contributed by atoms with Crippen molar-refractivity contribution in [3.8, 4) is 5.75 Å². The topological polar surface area (TPSA) is 47.3 Å². The highest BCUT2D eigenvalue weighted by molar-refractivity contribution is 5.31. The molecule has 0 saturated carbocycles. The highest BCUT2D eigenvalue weighted by Crippen LogP contribution is 2.31. The summed E-state index contributed by atoms with van der Waals surface area (Å²) in [6.45, 7) is 4.32. The molecular formula is C15H25FN2O. The largest absolute Gasteiger partial charge is 0.494 e. The van der Waals surface area contributed by atoms with Gasteiger partial charge in [-0.15, -0.1) is 0 Å². The first-order valence-corrected chi connectivity index (χ1v) is 6.97. The summed E-state index contributed by atoms with van der Waals surface area (Å²) in [5.74, 6) is 6.03. The average Bonchev–Trinajstić information content (AvgIpc) is 2.40. The Morgan fingerprint density at radius 1 is 1.26 bits per heavy atom. The molecule has 3 N–H and O–H groups in total. The molecule has 0 spiro atoms. The summed E-state index contributed by atoms with van der Waals surface area (Å²) >= 11 is 0. The molecule has 0 aliphatic heterocycles. The first-order valence-electron chi connectivity index (χ1n) is 6.97. The van der Waals surface area contributed by atoms with Crippen LogP contribution in [0.4, 0.5) is 4.39 Å². The maximum atomic E-state index is 13.8. The monoisotopic (exact) mass is 268 g/mol. The number of hydrogen-bond donors (Lipinski definition) is 2. The van der Waals surface area contributed by atoms with E-state index in [4.69, 9.17) is 10.6 Å². The van der Waals surface area contributed by atoms with Crippen LogP contribution in [0.2, 0.25) is 0 Å². The van der Waals surface area contributed by atoms with Gasteiger partial charge in [0.1, 0.15) is 0 Å². The number of methoxy groups -OCH3 is 1. The Morgan fingerprint density at radius 2 is 1.89 bits per heavy atom. The molecule has 0 bridgehead atoms. The Labute approximate surface area is 115 Å². The first kappa shape index (κ1) is 15.9. The molecule has 1 atom stereocenters. The van der Waals surface area contributed by atoms with E-state index in [-0.39, 0.29) is 17.6 Å². The van der Waals surface area contributed by atoms with Gasteiger partial charge in [0.15, 0.2) is 11.6 Å². The second-order valence-electron chi connectivity index (χ2n) is 4.88. The third-order valence-electron chi connectivity index (χ3n) is 3.50. The minimum Gasteiger partial charge on any atom is -0.494 e. The summed E-state index contributed by atoms with van der Waals surface area (Å²) in [4.78, 5) is 0. The van der Waals surface area contributed by atoms with E-state index in [0.29, 0.717) is 5.92 Å². The number of halogens is 1. The molecule has 3 nitrogen and oxygen atoms in total. The van der Waals surface area contributed by atoms with Gasteiger partial charge in [-0.3, -0.25) is 11.3 Å². The van der Waals surface area contributed by atoms with Gasteiger partial charge in [0.2, 0.25) is 0 Å². The Hall–Kier alpha value is -1.13. The maximum absolute atomic E-state index is 13.8. The summed E-state index contributed by atoms with van der Waals surface area (Å²) in [7, 11) is 1.47. The molecule has 0 aliphatic rings. The lowest BCUT2D eigenvalue weighted by atomic mass is 9.86. The highest BCUT2D eigenvalue weighted by Gasteiger charge is 2.21. The molecule has 0 aromatic heterocycles. The van der Waals surface area contributed by atoms with E-state index in [1.807, 2.05) is 6.07 Å². The fraction of sp³-hybridized carbons (Fsp3) is 0.600. The van der Waals surface area contributed by atoms with E-state index in [1.165, 1.54) is 13.2 Å². The number of rotatable bonds is 8. The zero-order valence-corrected chi connectivity index (χ0v) is 12.1. The number of hydrazine groups is 1. The Kier molecular flexibility index (Phi) is 6.81. The van der Waals surface area contributed by atoms with E-state index in [2.05, 4.69) is 19.3 Å². The molecule has 1 aromatic rings. The smallest absolute Gasteiger partial charge is 0.165 e. The number of benzene rings is 1. The second-order valence-corrected chi connectivity index (χ2v) is 4.88. The minimum atomic E-state index is -0.341. The summed E-state index contributed by atoms with van der Waals surface area (Å²) in [6, 6.07) is 5.04. The SMILES string of the molecule is CCCC(CCC)C(NN)c1ccc(OC)c(F)c1. The average molecular weight is 268 g/mol. The lowest BCUT2D eigenvalue weighted by Gasteiger charge is -2.26. The molecule has 108 valence electrons. The van der Waals surface area contributed by atoms with Crippen molar-refractivity contribution in [3.05, 3.63) is 29.6 Å². The highest BCUT2D eigenvalue weighted by atomic mass is 19.1. The van der Waals surface area contributed by atoms with Gasteiger partial charge in [-0.2, -0.15) is 0 Å². The van der Waals surface area contributed by atoms with E-state index < -0.39 is 0 Å². The van der Waals surface area contributed by atoms with E-state index in [9.17, 15) is 4.39 Å². The van der Waals surface area contributed by atoms with Crippen molar-refractivity contribution in [1.29, 1.82) is 0 Å². The van der Waals surface area contributed by atoms with Crippen molar-refractivity contribution in [1.82, 2.24) is 5.43 Å². The van der Waals surface area contributed by atoms with Gasteiger partial charge in [0.25, 0.3) is 0 Å². The molecule has 0 radical (unpaired) electrons. The van der Waals surface area contributed by atoms with E-state index in [0.717, 1.165) is 31.2 Å². The molecule has 0 fully saturated rings. The standard InChI is InChI=1S/C15H25FN2O/c1-4-6-11(7-5-2)15(18-17)12-8-9-14(19-3)13(16)10-12/h8-11,15,18H,4-7,17H2,1-3H3. The van der Waals surface area contributed by atoms with Gasteiger partial charge in [0, 0.05) is 6.04 Å². The van der Waals surface area contributed by atoms with Gasteiger partial charge >= 0.3 is 0 Å². The van der Waals surface area contributed by atoms with Crippen molar-refractivity contribution < 1.29 is 9.13 Å². The second kappa shape index (κ2) is 8.12. The predicted octanol–water partition coefficient (Wildman–Crippen LogP) is 3.56. The molecule has 4 heteroatoms. The van der Waals surface area contributed by atoms with Gasteiger partial charge in [-0.1, -0.05) is 32.8 Å². The van der Waals surface area contributed by atoms with Crippen molar-refractivity contribution in [3.63, 3.8) is 0 Å². The van der Waals surface area contributed by atoms with Crippen LogP contribution in [0.25, 0.3) is 0 Å². The van der Waals surface area contributed by atoms with Crippen LogP contribution in [-0.4, -0.2) is 7.11 Å². The number of ether oxygens (including phenoxy) is 1. The zero-order valence-electron chi connectivity index (χ0n) is 12.1. The first-order chi connectivity index (χ1) is 9.17. The molecule has 0 amide bonds. The molecule has 19 heavy (non-hydrogen) atoms. The summed E-state index contributed by atoms with van der Waals surface area (Å²) < 4.78 is 18.7. The summed E-state index contributed by atoms with van der Waals surface area (Å²) in [6.07, 6.45) is 4.36. The molecule has 0 aliphatic carbocycles.